The van der Waals surface area contributed by atoms with Gasteiger partial charge in [0.25, 0.3) is 5.56 Å². The van der Waals surface area contributed by atoms with Crippen LogP contribution in [-0.4, -0.2) is 34.3 Å². The second-order valence-electron chi connectivity index (χ2n) is 7.25. The zero-order chi connectivity index (χ0) is 21.3. The van der Waals surface area contributed by atoms with Crippen LogP contribution in [-0.2, 0) is 11.3 Å². The summed E-state index contributed by atoms with van der Waals surface area (Å²) in [5.41, 5.74) is 3.64. The van der Waals surface area contributed by atoms with Gasteiger partial charge in [-0.25, -0.2) is 4.98 Å². The topological polar surface area (TPSA) is 61.2 Å². The SMILES string of the molecule is COCCn1c(S[C@H](C)C(=O)c2cc(C)ccc2C)nc2sc(C)c(C)c2c1=O. The van der Waals surface area contributed by atoms with Gasteiger partial charge in [-0.05, 0) is 51.8 Å². The van der Waals surface area contributed by atoms with E-state index < -0.39 is 0 Å². The fraction of sp³-hybridized carbons (Fsp3) is 0.409. The van der Waals surface area contributed by atoms with Crippen LogP contribution in [0.2, 0.25) is 0 Å². The molecule has 0 aliphatic heterocycles. The Kier molecular flexibility index (Phi) is 6.61. The van der Waals surface area contributed by atoms with Gasteiger partial charge in [0.1, 0.15) is 4.83 Å². The summed E-state index contributed by atoms with van der Waals surface area (Å²) in [4.78, 5) is 32.9. The maximum Gasteiger partial charge on any atom is 0.263 e. The number of Topliss-reactive ketones (excluding diaryl/α,β-unsaturated/α-hetero) is 1. The van der Waals surface area contributed by atoms with Crippen LogP contribution in [0.5, 0.6) is 0 Å². The lowest BCUT2D eigenvalue weighted by atomic mass is 10.0. The average Bonchev–Trinajstić information content (AvgIpc) is 2.96. The Morgan fingerprint density at radius 2 is 2.00 bits per heavy atom. The van der Waals surface area contributed by atoms with Crippen LogP contribution in [0.1, 0.15) is 38.8 Å². The molecule has 5 nitrogen and oxygen atoms in total. The van der Waals surface area contributed by atoms with Crippen LogP contribution in [0.3, 0.4) is 0 Å². The first kappa shape index (κ1) is 21.7. The molecule has 29 heavy (non-hydrogen) atoms. The minimum absolute atomic E-state index is 0.0439. The number of carbonyl (C=O) groups is 1. The fourth-order valence-electron chi connectivity index (χ4n) is 3.21. The van der Waals surface area contributed by atoms with Crippen molar-refractivity contribution in [3.05, 3.63) is 55.7 Å². The molecule has 0 N–H and O–H groups in total. The number of methoxy groups -OCH3 is 1. The van der Waals surface area contributed by atoms with Gasteiger partial charge < -0.3 is 4.74 Å². The molecule has 2 aromatic heterocycles. The Hall–Kier alpha value is -1.96. The molecule has 7 heteroatoms. The second-order valence-corrected chi connectivity index (χ2v) is 9.76. The van der Waals surface area contributed by atoms with Gasteiger partial charge in [-0.15, -0.1) is 11.3 Å². The highest BCUT2D eigenvalue weighted by Gasteiger charge is 2.23. The van der Waals surface area contributed by atoms with Crippen molar-refractivity contribution in [2.24, 2.45) is 0 Å². The highest BCUT2D eigenvalue weighted by Crippen LogP contribution is 2.30. The lowest BCUT2D eigenvalue weighted by molar-refractivity contribution is 0.0993. The van der Waals surface area contributed by atoms with Crippen LogP contribution in [0.25, 0.3) is 10.2 Å². The summed E-state index contributed by atoms with van der Waals surface area (Å²) in [6.07, 6.45) is 0. The molecule has 0 radical (unpaired) electrons. The number of carbonyl (C=O) groups excluding carboxylic acids is 1. The lowest BCUT2D eigenvalue weighted by Crippen LogP contribution is -2.26. The van der Waals surface area contributed by atoms with Gasteiger partial charge in [0.15, 0.2) is 10.9 Å². The van der Waals surface area contributed by atoms with Crippen LogP contribution in [0.15, 0.2) is 28.2 Å². The highest BCUT2D eigenvalue weighted by atomic mass is 32.2. The molecule has 0 unspecified atom stereocenters. The van der Waals surface area contributed by atoms with E-state index in [0.717, 1.165) is 32.0 Å². The Morgan fingerprint density at radius 3 is 2.69 bits per heavy atom. The number of hydrogen-bond acceptors (Lipinski definition) is 6. The summed E-state index contributed by atoms with van der Waals surface area (Å²) in [6.45, 7) is 10.6. The molecular formula is C22H26N2O3S2. The van der Waals surface area contributed by atoms with Crippen molar-refractivity contribution in [1.29, 1.82) is 0 Å². The molecule has 0 fully saturated rings. The predicted octanol–water partition coefficient (Wildman–Crippen LogP) is 4.70. The summed E-state index contributed by atoms with van der Waals surface area (Å²) in [5.74, 6) is 0.0439. The third-order valence-corrected chi connectivity index (χ3v) is 7.27. The number of rotatable bonds is 7. The zero-order valence-electron chi connectivity index (χ0n) is 17.7. The van der Waals surface area contributed by atoms with Gasteiger partial charge in [0.05, 0.1) is 23.8 Å². The normalized spacial score (nSPS) is 12.5. The molecule has 0 aliphatic rings. The smallest absolute Gasteiger partial charge is 0.263 e. The number of nitrogens with zero attached hydrogens (tertiary/aromatic N) is 2. The van der Waals surface area contributed by atoms with Crippen molar-refractivity contribution in [2.75, 3.05) is 13.7 Å². The summed E-state index contributed by atoms with van der Waals surface area (Å²) >= 11 is 2.86. The van der Waals surface area contributed by atoms with E-state index in [1.165, 1.54) is 23.1 Å². The van der Waals surface area contributed by atoms with E-state index in [4.69, 9.17) is 9.72 Å². The Morgan fingerprint density at radius 1 is 1.28 bits per heavy atom. The molecule has 0 amide bonds. The standard InChI is InChI=1S/C22H26N2O3S2/c1-12-7-8-13(2)17(11-12)19(25)16(5)29-22-23-20-18(14(3)15(4)28-20)21(26)24(22)9-10-27-6/h7-8,11,16H,9-10H2,1-6H3/t16-/m1/s1. The maximum absolute atomic E-state index is 13.2. The molecular weight excluding hydrogens is 404 g/mol. The number of thioether (sulfide) groups is 1. The number of ketones is 1. The van der Waals surface area contributed by atoms with Crippen molar-refractivity contribution >= 4 is 39.1 Å². The van der Waals surface area contributed by atoms with Gasteiger partial charge in [0.2, 0.25) is 0 Å². The Labute approximate surface area is 179 Å². The number of benzene rings is 1. The minimum Gasteiger partial charge on any atom is -0.383 e. The third-order valence-electron chi connectivity index (χ3n) is 5.08. The van der Waals surface area contributed by atoms with E-state index in [1.807, 2.05) is 52.8 Å². The summed E-state index contributed by atoms with van der Waals surface area (Å²) in [5, 5.41) is 0.865. The van der Waals surface area contributed by atoms with E-state index in [9.17, 15) is 9.59 Å². The highest BCUT2D eigenvalue weighted by molar-refractivity contribution is 8.00. The van der Waals surface area contributed by atoms with E-state index >= 15 is 0 Å². The Balaban J connectivity index is 2.02. The van der Waals surface area contributed by atoms with Crippen molar-refractivity contribution in [3.8, 4) is 0 Å². The molecule has 0 aliphatic carbocycles. The molecule has 3 rings (SSSR count). The molecule has 1 atom stereocenters. The van der Waals surface area contributed by atoms with E-state index in [2.05, 4.69) is 0 Å². The Bertz CT molecular complexity index is 1130. The fourth-order valence-corrected chi connectivity index (χ4v) is 5.28. The molecule has 3 aromatic rings. The summed E-state index contributed by atoms with van der Waals surface area (Å²) in [6, 6.07) is 5.90. The minimum atomic E-state index is -0.365. The van der Waals surface area contributed by atoms with Crippen molar-refractivity contribution in [2.45, 2.75) is 51.6 Å². The van der Waals surface area contributed by atoms with Crippen LogP contribution < -0.4 is 5.56 Å². The number of hydrogen-bond donors (Lipinski definition) is 0. The van der Waals surface area contributed by atoms with Gasteiger partial charge in [-0.2, -0.15) is 0 Å². The number of fused-ring (bicyclic) bond motifs is 1. The molecule has 0 saturated heterocycles. The van der Waals surface area contributed by atoms with Crippen molar-refractivity contribution < 1.29 is 9.53 Å². The second kappa shape index (κ2) is 8.81. The molecule has 0 spiro atoms. The summed E-state index contributed by atoms with van der Waals surface area (Å²) in [7, 11) is 1.61. The van der Waals surface area contributed by atoms with Crippen molar-refractivity contribution in [3.63, 3.8) is 0 Å². The van der Waals surface area contributed by atoms with Gasteiger partial charge >= 0.3 is 0 Å². The number of ether oxygens (including phenoxy) is 1. The maximum atomic E-state index is 13.2. The van der Waals surface area contributed by atoms with Crippen LogP contribution >= 0.6 is 23.1 Å². The van der Waals surface area contributed by atoms with Gasteiger partial charge in [-0.3, -0.25) is 14.2 Å². The van der Waals surface area contributed by atoms with Gasteiger partial charge in [-0.1, -0.05) is 29.5 Å². The molecule has 2 heterocycles. The number of aryl methyl sites for hydroxylation is 4. The quantitative estimate of drug-likeness (QED) is 0.309. The lowest BCUT2D eigenvalue weighted by Gasteiger charge is -2.16. The summed E-state index contributed by atoms with van der Waals surface area (Å²) < 4.78 is 6.83. The van der Waals surface area contributed by atoms with E-state index in [0.29, 0.717) is 23.7 Å². The molecule has 0 bridgehead atoms. The third kappa shape index (κ3) is 4.32. The number of aromatic nitrogens is 2. The van der Waals surface area contributed by atoms with Gasteiger partial charge in [0, 0.05) is 17.6 Å². The largest absolute Gasteiger partial charge is 0.383 e. The van der Waals surface area contributed by atoms with E-state index in [1.54, 1.807) is 11.7 Å². The molecule has 0 saturated carbocycles. The average molecular weight is 431 g/mol. The first-order valence-corrected chi connectivity index (χ1v) is 11.2. The van der Waals surface area contributed by atoms with Crippen LogP contribution in [0.4, 0.5) is 0 Å². The van der Waals surface area contributed by atoms with Crippen LogP contribution in [0, 0.1) is 27.7 Å². The zero-order valence-corrected chi connectivity index (χ0v) is 19.3. The van der Waals surface area contributed by atoms with E-state index in [-0.39, 0.29) is 16.6 Å². The van der Waals surface area contributed by atoms with Crippen molar-refractivity contribution in [1.82, 2.24) is 9.55 Å². The first-order chi connectivity index (χ1) is 13.7. The molecule has 1 aromatic carbocycles. The first-order valence-electron chi connectivity index (χ1n) is 9.52. The predicted molar refractivity (Wildman–Crippen MR) is 121 cm³/mol. The number of thiophene rings is 1. The molecule has 154 valence electrons. The monoisotopic (exact) mass is 430 g/mol.